The molecule has 1 aliphatic heterocycles. The Kier molecular flexibility index (Phi) is 5.80. The molecular weight excluding hydrogens is 424 g/mol. The number of fused-ring (bicyclic) bond motifs is 1. The van der Waals surface area contributed by atoms with Crippen molar-refractivity contribution >= 4 is 49.6 Å². The Bertz CT molecular complexity index is 1150. The van der Waals surface area contributed by atoms with Crippen LogP contribution in [-0.2, 0) is 11.3 Å². The third kappa shape index (κ3) is 4.39. The molecule has 0 atom stereocenters. The summed E-state index contributed by atoms with van der Waals surface area (Å²) in [4.78, 5) is 26.1. The van der Waals surface area contributed by atoms with Gasteiger partial charge in [-0.25, -0.2) is 9.97 Å². The Labute approximate surface area is 190 Å². The van der Waals surface area contributed by atoms with Gasteiger partial charge in [0.05, 0.1) is 26.6 Å². The van der Waals surface area contributed by atoms with Crippen LogP contribution >= 0.6 is 22.7 Å². The molecule has 1 fully saturated rings. The van der Waals surface area contributed by atoms with Gasteiger partial charge in [-0.1, -0.05) is 30.3 Å². The minimum absolute atomic E-state index is 0.0243. The first-order valence-corrected chi connectivity index (χ1v) is 12.2. The molecule has 7 heteroatoms. The largest absolute Gasteiger partial charge is 0.297 e. The van der Waals surface area contributed by atoms with Gasteiger partial charge in [0.2, 0.25) is 5.91 Å². The summed E-state index contributed by atoms with van der Waals surface area (Å²) in [6.07, 6.45) is 2.25. The second-order valence-electron chi connectivity index (χ2n) is 7.88. The summed E-state index contributed by atoms with van der Waals surface area (Å²) in [5.74, 6) is 0.523. The molecule has 0 saturated carbocycles. The fourth-order valence-electron chi connectivity index (χ4n) is 4.11. The normalized spacial score (nSPS) is 15.4. The molecule has 0 N–H and O–H groups in total. The van der Waals surface area contributed by atoms with Gasteiger partial charge in [0.15, 0.2) is 5.13 Å². The number of benzene rings is 2. The Balaban J connectivity index is 1.23. The topological polar surface area (TPSA) is 49.3 Å². The molecule has 5 nitrogen and oxygen atoms in total. The monoisotopic (exact) mass is 448 g/mol. The van der Waals surface area contributed by atoms with Crippen LogP contribution in [0.2, 0.25) is 0 Å². The lowest BCUT2D eigenvalue weighted by atomic mass is 9.97. The zero-order valence-corrected chi connectivity index (χ0v) is 19.0. The molecule has 0 radical (unpaired) electrons. The summed E-state index contributed by atoms with van der Waals surface area (Å²) in [5, 5.41) is 4.09. The second kappa shape index (κ2) is 8.86. The van der Waals surface area contributed by atoms with Crippen LogP contribution in [0.1, 0.15) is 36.4 Å². The molecule has 0 aliphatic carbocycles. The SMILES string of the molecule is CC(=O)N(c1ccccc1)c1nc(CN2CCC(c3nc4ccccc4s3)CC2)cs1. The maximum Gasteiger partial charge on any atom is 0.230 e. The fraction of sp³-hybridized carbons (Fsp3) is 0.292. The molecule has 31 heavy (non-hydrogen) atoms. The molecule has 0 unspecified atom stereocenters. The highest BCUT2D eigenvalue weighted by Gasteiger charge is 2.24. The van der Waals surface area contributed by atoms with E-state index in [1.54, 1.807) is 11.8 Å². The van der Waals surface area contributed by atoms with E-state index < -0.39 is 0 Å². The van der Waals surface area contributed by atoms with Gasteiger partial charge < -0.3 is 0 Å². The van der Waals surface area contributed by atoms with E-state index >= 15 is 0 Å². The summed E-state index contributed by atoms with van der Waals surface area (Å²) < 4.78 is 1.28. The summed E-state index contributed by atoms with van der Waals surface area (Å²) in [6.45, 7) is 4.50. The smallest absolute Gasteiger partial charge is 0.230 e. The van der Waals surface area contributed by atoms with Crippen molar-refractivity contribution in [2.24, 2.45) is 0 Å². The number of nitrogens with zero attached hydrogens (tertiary/aromatic N) is 4. The van der Waals surface area contributed by atoms with E-state index in [1.165, 1.54) is 21.0 Å². The number of carbonyl (C=O) groups is 1. The third-order valence-electron chi connectivity index (χ3n) is 5.69. The predicted octanol–water partition coefficient (Wildman–Crippen LogP) is 5.82. The van der Waals surface area contributed by atoms with E-state index in [0.717, 1.165) is 54.5 Å². The first kappa shape index (κ1) is 20.3. The van der Waals surface area contributed by atoms with E-state index in [4.69, 9.17) is 9.97 Å². The van der Waals surface area contributed by atoms with Crippen molar-refractivity contribution in [3.63, 3.8) is 0 Å². The van der Waals surface area contributed by atoms with Gasteiger partial charge in [0.1, 0.15) is 0 Å². The van der Waals surface area contributed by atoms with E-state index in [-0.39, 0.29) is 5.91 Å². The van der Waals surface area contributed by atoms with Gasteiger partial charge in [-0.3, -0.25) is 14.6 Å². The summed E-state index contributed by atoms with van der Waals surface area (Å²) in [6, 6.07) is 18.1. The number of hydrogen-bond acceptors (Lipinski definition) is 6. The minimum atomic E-state index is -0.0243. The lowest BCUT2D eigenvalue weighted by Crippen LogP contribution is -2.32. The van der Waals surface area contributed by atoms with Crippen molar-refractivity contribution in [2.45, 2.75) is 32.2 Å². The Morgan fingerprint density at radius 2 is 1.81 bits per heavy atom. The summed E-state index contributed by atoms with van der Waals surface area (Å²) in [5.41, 5.74) is 3.00. The highest BCUT2D eigenvalue weighted by atomic mass is 32.1. The maximum atomic E-state index is 12.3. The van der Waals surface area contributed by atoms with Gasteiger partial charge in [0, 0.05) is 24.8 Å². The number of hydrogen-bond donors (Lipinski definition) is 0. The van der Waals surface area contributed by atoms with Crippen molar-refractivity contribution in [2.75, 3.05) is 18.0 Å². The number of aromatic nitrogens is 2. The average molecular weight is 449 g/mol. The zero-order valence-electron chi connectivity index (χ0n) is 17.4. The molecule has 0 bridgehead atoms. The number of rotatable bonds is 5. The van der Waals surface area contributed by atoms with Crippen molar-refractivity contribution in [1.82, 2.24) is 14.9 Å². The van der Waals surface area contributed by atoms with Crippen LogP contribution in [0.3, 0.4) is 0 Å². The molecule has 1 saturated heterocycles. The van der Waals surface area contributed by atoms with Crippen molar-refractivity contribution in [3.05, 3.63) is 70.7 Å². The molecule has 2 aromatic carbocycles. The number of carbonyl (C=O) groups excluding carboxylic acids is 1. The van der Waals surface area contributed by atoms with Crippen molar-refractivity contribution < 1.29 is 4.79 Å². The number of amides is 1. The van der Waals surface area contributed by atoms with Crippen LogP contribution in [0, 0.1) is 0 Å². The first-order chi connectivity index (χ1) is 15.2. The van der Waals surface area contributed by atoms with Gasteiger partial charge in [-0.05, 0) is 50.2 Å². The second-order valence-corrected chi connectivity index (χ2v) is 9.78. The molecule has 158 valence electrons. The third-order valence-corrected chi connectivity index (χ3v) is 7.77. The standard InChI is InChI=1S/C24H24N4OS2/c1-17(29)28(20-7-3-2-4-8-20)24-25-19(16-30-24)15-27-13-11-18(12-14-27)23-26-21-9-5-6-10-22(21)31-23/h2-10,16,18H,11-15H2,1H3. The molecular formula is C24H24N4OS2. The zero-order chi connectivity index (χ0) is 21.2. The molecule has 5 rings (SSSR count). The Morgan fingerprint density at radius 1 is 1.06 bits per heavy atom. The maximum absolute atomic E-state index is 12.3. The molecule has 1 aliphatic rings. The predicted molar refractivity (Wildman–Crippen MR) is 128 cm³/mol. The molecule has 0 spiro atoms. The molecule has 4 aromatic rings. The van der Waals surface area contributed by atoms with Crippen LogP contribution in [0.25, 0.3) is 10.2 Å². The van der Waals surface area contributed by atoms with Gasteiger partial charge in [-0.15, -0.1) is 22.7 Å². The average Bonchev–Trinajstić information content (AvgIpc) is 3.42. The number of piperidine rings is 1. The van der Waals surface area contributed by atoms with E-state index in [9.17, 15) is 4.79 Å². The lowest BCUT2D eigenvalue weighted by Gasteiger charge is -2.30. The van der Waals surface area contributed by atoms with E-state index in [2.05, 4.69) is 34.5 Å². The van der Waals surface area contributed by atoms with E-state index in [1.807, 2.05) is 41.7 Å². The number of anilines is 2. The van der Waals surface area contributed by atoms with Crippen LogP contribution in [0.4, 0.5) is 10.8 Å². The molecule has 3 heterocycles. The highest BCUT2D eigenvalue weighted by molar-refractivity contribution is 7.18. The first-order valence-electron chi connectivity index (χ1n) is 10.6. The van der Waals surface area contributed by atoms with Gasteiger partial charge in [-0.2, -0.15) is 0 Å². The van der Waals surface area contributed by atoms with Crippen molar-refractivity contribution in [1.29, 1.82) is 0 Å². The van der Waals surface area contributed by atoms with Crippen LogP contribution < -0.4 is 4.90 Å². The molecule has 2 aromatic heterocycles. The van der Waals surface area contributed by atoms with Crippen LogP contribution in [0.15, 0.2) is 60.0 Å². The van der Waals surface area contributed by atoms with Crippen LogP contribution in [-0.4, -0.2) is 33.9 Å². The van der Waals surface area contributed by atoms with Crippen LogP contribution in [0.5, 0.6) is 0 Å². The molecule has 1 amide bonds. The van der Waals surface area contributed by atoms with Gasteiger partial charge in [0.25, 0.3) is 0 Å². The summed E-state index contributed by atoms with van der Waals surface area (Å²) in [7, 11) is 0. The number of likely N-dealkylation sites (tertiary alicyclic amines) is 1. The lowest BCUT2D eigenvalue weighted by molar-refractivity contribution is -0.115. The fourth-order valence-corrected chi connectivity index (χ4v) is 6.12. The quantitative estimate of drug-likeness (QED) is 0.386. The van der Waals surface area contributed by atoms with Gasteiger partial charge >= 0.3 is 0 Å². The number of para-hydroxylation sites is 2. The summed E-state index contributed by atoms with van der Waals surface area (Å²) >= 11 is 3.37. The Hall–Kier alpha value is -2.61. The van der Waals surface area contributed by atoms with Crippen molar-refractivity contribution in [3.8, 4) is 0 Å². The number of thiazole rings is 2. The van der Waals surface area contributed by atoms with E-state index in [0.29, 0.717) is 5.92 Å². The minimum Gasteiger partial charge on any atom is -0.297 e. The highest BCUT2D eigenvalue weighted by Crippen LogP contribution is 2.34. The Morgan fingerprint density at radius 3 is 2.55 bits per heavy atom.